The monoisotopic (exact) mass is 276 g/mol. The molecule has 2 rings (SSSR count). The number of hydrogen-bond acceptors (Lipinski definition) is 4. The molecular weight excluding hydrogens is 256 g/mol. The van der Waals surface area contributed by atoms with Crippen molar-refractivity contribution in [3.63, 3.8) is 0 Å². The first-order valence-electron chi connectivity index (χ1n) is 6.56. The summed E-state index contributed by atoms with van der Waals surface area (Å²) in [5, 5.41) is 12.5. The third-order valence-electron chi connectivity index (χ3n) is 2.91. The van der Waals surface area contributed by atoms with Gasteiger partial charge in [-0.1, -0.05) is 32.0 Å². The Morgan fingerprint density at radius 3 is 2.58 bits per heavy atom. The molecule has 102 valence electrons. The van der Waals surface area contributed by atoms with Crippen LogP contribution in [0.5, 0.6) is 0 Å². The minimum absolute atomic E-state index is 0.149. The number of thiazole rings is 1. The first kappa shape index (κ1) is 14.0. The Labute approximate surface area is 118 Å². The fourth-order valence-electron chi connectivity index (χ4n) is 1.91. The number of para-hydroxylation sites is 1. The van der Waals surface area contributed by atoms with Gasteiger partial charge in [-0.2, -0.15) is 0 Å². The third kappa shape index (κ3) is 3.78. The van der Waals surface area contributed by atoms with E-state index in [-0.39, 0.29) is 6.61 Å². The Morgan fingerprint density at radius 1 is 1.26 bits per heavy atom. The van der Waals surface area contributed by atoms with Crippen LogP contribution < -0.4 is 4.90 Å². The van der Waals surface area contributed by atoms with Gasteiger partial charge in [0.1, 0.15) is 0 Å². The molecular formula is C15H20N2OS. The summed E-state index contributed by atoms with van der Waals surface area (Å²) in [5.41, 5.74) is 2.20. The zero-order valence-electron chi connectivity index (χ0n) is 11.4. The number of anilines is 1. The average molecular weight is 276 g/mol. The van der Waals surface area contributed by atoms with Crippen LogP contribution in [0.1, 0.15) is 30.5 Å². The zero-order chi connectivity index (χ0) is 13.7. The molecule has 1 aromatic heterocycles. The van der Waals surface area contributed by atoms with Gasteiger partial charge in [0.05, 0.1) is 23.9 Å². The molecule has 0 aliphatic heterocycles. The molecule has 0 saturated heterocycles. The number of benzene rings is 1. The Morgan fingerprint density at radius 2 is 2.00 bits per heavy atom. The van der Waals surface area contributed by atoms with Crippen LogP contribution in [0.4, 0.5) is 5.69 Å². The van der Waals surface area contributed by atoms with Crippen molar-refractivity contribution < 1.29 is 5.11 Å². The number of aliphatic hydroxyl groups is 1. The van der Waals surface area contributed by atoms with Crippen LogP contribution in [-0.4, -0.2) is 23.2 Å². The number of rotatable bonds is 6. The number of nitrogens with zero attached hydrogens (tertiary/aromatic N) is 2. The van der Waals surface area contributed by atoms with Gasteiger partial charge >= 0.3 is 0 Å². The molecule has 4 heteroatoms. The average Bonchev–Trinajstić information content (AvgIpc) is 2.88. The maximum atomic E-state index is 9.21. The molecule has 1 aromatic carbocycles. The summed E-state index contributed by atoms with van der Waals surface area (Å²) in [7, 11) is 0. The zero-order valence-corrected chi connectivity index (χ0v) is 12.2. The molecule has 0 radical (unpaired) electrons. The molecule has 0 atom stereocenters. The summed E-state index contributed by atoms with van der Waals surface area (Å²) in [6.07, 6.45) is 0. The van der Waals surface area contributed by atoms with Crippen LogP contribution in [0.3, 0.4) is 0 Å². The predicted molar refractivity (Wildman–Crippen MR) is 80.8 cm³/mol. The van der Waals surface area contributed by atoms with Gasteiger partial charge in [-0.15, -0.1) is 11.3 Å². The van der Waals surface area contributed by atoms with Crippen LogP contribution in [0.2, 0.25) is 0 Å². The maximum Gasteiger partial charge on any atom is 0.0954 e. The van der Waals surface area contributed by atoms with Gasteiger partial charge in [0.15, 0.2) is 0 Å². The molecule has 2 aromatic rings. The van der Waals surface area contributed by atoms with Crippen LogP contribution in [0.25, 0.3) is 0 Å². The van der Waals surface area contributed by atoms with E-state index in [1.807, 2.05) is 18.2 Å². The van der Waals surface area contributed by atoms with Crippen molar-refractivity contribution in [2.24, 2.45) is 0 Å². The first-order valence-corrected chi connectivity index (χ1v) is 7.44. The topological polar surface area (TPSA) is 36.4 Å². The molecule has 1 N–H and O–H groups in total. The highest BCUT2D eigenvalue weighted by Crippen LogP contribution is 2.22. The van der Waals surface area contributed by atoms with Crippen molar-refractivity contribution in [2.75, 3.05) is 18.1 Å². The van der Waals surface area contributed by atoms with E-state index >= 15 is 0 Å². The highest BCUT2D eigenvalue weighted by molar-refractivity contribution is 7.09. The van der Waals surface area contributed by atoms with Crippen LogP contribution in [0, 0.1) is 0 Å². The summed E-state index contributed by atoms with van der Waals surface area (Å²) in [5.74, 6) is 0.474. The Hall–Kier alpha value is -1.39. The Kier molecular flexibility index (Phi) is 4.93. The van der Waals surface area contributed by atoms with Crippen molar-refractivity contribution in [1.82, 2.24) is 4.98 Å². The molecule has 0 saturated carbocycles. The minimum Gasteiger partial charge on any atom is -0.395 e. The highest BCUT2D eigenvalue weighted by Gasteiger charge is 2.10. The van der Waals surface area contributed by atoms with Gasteiger partial charge in [0, 0.05) is 23.5 Å². The summed E-state index contributed by atoms with van der Waals surface area (Å²) in [6.45, 7) is 5.83. The fourth-order valence-corrected chi connectivity index (χ4v) is 2.74. The second-order valence-electron chi connectivity index (χ2n) is 4.81. The van der Waals surface area contributed by atoms with Crippen molar-refractivity contribution in [1.29, 1.82) is 0 Å². The highest BCUT2D eigenvalue weighted by atomic mass is 32.1. The minimum atomic E-state index is 0.149. The number of aromatic nitrogens is 1. The lowest BCUT2D eigenvalue weighted by Crippen LogP contribution is -2.26. The van der Waals surface area contributed by atoms with Crippen LogP contribution >= 0.6 is 11.3 Å². The van der Waals surface area contributed by atoms with Crippen molar-refractivity contribution in [3.05, 3.63) is 46.4 Å². The molecule has 0 fully saturated rings. The summed E-state index contributed by atoms with van der Waals surface area (Å²) >= 11 is 1.71. The lowest BCUT2D eigenvalue weighted by atomic mass is 10.2. The van der Waals surface area contributed by atoms with E-state index in [0.717, 1.165) is 17.9 Å². The quantitative estimate of drug-likeness (QED) is 0.879. The lowest BCUT2D eigenvalue weighted by Gasteiger charge is -2.22. The molecule has 0 spiro atoms. The second kappa shape index (κ2) is 6.68. The SMILES string of the molecule is CC(C)c1nc(CN(CCO)c2ccccc2)cs1. The molecule has 0 aliphatic carbocycles. The van der Waals surface area contributed by atoms with Gasteiger partial charge in [0.25, 0.3) is 0 Å². The standard InChI is InChI=1S/C15H20N2OS/c1-12(2)15-16-13(11-19-15)10-17(8-9-18)14-6-4-3-5-7-14/h3-7,11-12,18H,8-10H2,1-2H3. The molecule has 0 unspecified atom stereocenters. The Balaban J connectivity index is 2.12. The van der Waals surface area contributed by atoms with Gasteiger partial charge in [-0.25, -0.2) is 4.98 Å². The van der Waals surface area contributed by atoms with E-state index in [0.29, 0.717) is 12.5 Å². The summed E-state index contributed by atoms with van der Waals surface area (Å²) in [4.78, 5) is 6.80. The third-order valence-corrected chi connectivity index (χ3v) is 4.10. The molecule has 0 amide bonds. The van der Waals surface area contributed by atoms with Crippen molar-refractivity contribution in [2.45, 2.75) is 26.3 Å². The molecule has 19 heavy (non-hydrogen) atoms. The van der Waals surface area contributed by atoms with E-state index in [4.69, 9.17) is 0 Å². The molecule has 1 heterocycles. The van der Waals surface area contributed by atoms with E-state index in [9.17, 15) is 5.11 Å². The summed E-state index contributed by atoms with van der Waals surface area (Å²) < 4.78 is 0. The molecule has 3 nitrogen and oxygen atoms in total. The molecule has 0 bridgehead atoms. The van der Waals surface area contributed by atoms with E-state index in [2.05, 4.69) is 41.2 Å². The van der Waals surface area contributed by atoms with Gasteiger partial charge < -0.3 is 10.0 Å². The van der Waals surface area contributed by atoms with Gasteiger partial charge in [-0.05, 0) is 12.1 Å². The smallest absolute Gasteiger partial charge is 0.0954 e. The van der Waals surface area contributed by atoms with Crippen LogP contribution in [-0.2, 0) is 6.54 Å². The fraction of sp³-hybridized carbons (Fsp3) is 0.400. The van der Waals surface area contributed by atoms with Crippen LogP contribution in [0.15, 0.2) is 35.7 Å². The van der Waals surface area contributed by atoms with Crippen molar-refractivity contribution >= 4 is 17.0 Å². The normalized spacial score (nSPS) is 10.9. The van der Waals surface area contributed by atoms with E-state index in [1.165, 1.54) is 5.01 Å². The largest absolute Gasteiger partial charge is 0.395 e. The van der Waals surface area contributed by atoms with Gasteiger partial charge in [-0.3, -0.25) is 0 Å². The predicted octanol–water partition coefficient (Wildman–Crippen LogP) is 3.27. The summed E-state index contributed by atoms with van der Waals surface area (Å²) in [6, 6.07) is 10.2. The van der Waals surface area contributed by atoms with E-state index < -0.39 is 0 Å². The van der Waals surface area contributed by atoms with Crippen molar-refractivity contribution in [3.8, 4) is 0 Å². The number of hydrogen-bond donors (Lipinski definition) is 1. The second-order valence-corrected chi connectivity index (χ2v) is 5.70. The first-order chi connectivity index (χ1) is 9.20. The lowest BCUT2D eigenvalue weighted by molar-refractivity contribution is 0.301. The number of aliphatic hydroxyl groups excluding tert-OH is 1. The Bertz CT molecular complexity index is 496. The van der Waals surface area contributed by atoms with E-state index in [1.54, 1.807) is 11.3 Å². The van der Waals surface area contributed by atoms with Gasteiger partial charge in [0.2, 0.25) is 0 Å². The maximum absolute atomic E-state index is 9.21. The molecule has 0 aliphatic rings.